The van der Waals surface area contributed by atoms with Gasteiger partial charge in [-0.3, -0.25) is 9.69 Å². The van der Waals surface area contributed by atoms with Crippen LogP contribution in [0.3, 0.4) is 0 Å². The zero-order valence-electron chi connectivity index (χ0n) is 17.0. The Labute approximate surface area is 191 Å². The fourth-order valence-electron chi connectivity index (χ4n) is 3.50. The zero-order chi connectivity index (χ0) is 21.3. The van der Waals surface area contributed by atoms with E-state index in [-0.39, 0.29) is 5.91 Å². The van der Waals surface area contributed by atoms with Crippen LogP contribution in [0.5, 0.6) is 5.75 Å². The number of methoxy groups -OCH3 is 1. The fourth-order valence-corrected chi connectivity index (χ4v) is 6.14. The zero-order valence-corrected chi connectivity index (χ0v) is 19.5. The molecule has 0 spiro atoms. The second-order valence-electron chi connectivity index (χ2n) is 6.69. The van der Waals surface area contributed by atoms with Gasteiger partial charge in [0.25, 0.3) is 5.91 Å². The van der Waals surface area contributed by atoms with Crippen LogP contribution in [0.4, 0.5) is 5.69 Å². The molecule has 7 heteroatoms. The molecule has 1 saturated heterocycles. The van der Waals surface area contributed by atoms with E-state index in [9.17, 15) is 4.79 Å². The lowest BCUT2D eigenvalue weighted by atomic mass is 10.0. The van der Waals surface area contributed by atoms with Crippen molar-refractivity contribution in [2.24, 2.45) is 0 Å². The number of fused-ring (bicyclic) bond motifs is 1. The third kappa shape index (κ3) is 3.77. The highest BCUT2D eigenvalue weighted by Crippen LogP contribution is 2.49. The molecule has 4 nitrogen and oxygen atoms in total. The Morgan fingerprint density at radius 3 is 2.43 bits per heavy atom. The highest BCUT2D eigenvalue weighted by atomic mass is 32.2. The smallest absolute Gasteiger partial charge is 0.266 e. The number of carbonyl (C=O) groups excluding carboxylic acids is 1. The number of likely N-dealkylation sites (N-methyl/N-ethyl adjacent to an activating group) is 1. The summed E-state index contributed by atoms with van der Waals surface area (Å²) < 4.78 is 6.01. The molecule has 0 bridgehead atoms. The predicted molar refractivity (Wildman–Crippen MR) is 131 cm³/mol. The van der Waals surface area contributed by atoms with Crippen LogP contribution in [0.15, 0.2) is 69.4 Å². The van der Waals surface area contributed by atoms with E-state index in [1.807, 2.05) is 43.3 Å². The summed E-state index contributed by atoms with van der Waals surface area (Å²) in [5.41, 5.74) is 3.07. The van der Waals surface area contributed by atoms with Crippen LogP contribution < -0.4 is 9.64 Å². The highest BCUT2D eigenvalue weighted by molar-refractivity contribution is 8.26. The largest absolute Gasteiger partial charge is 0.497 e. The van der Waals surface area contributed by atoms with Gasteiger partial charge in [0.1, 0.15) is 10.1 Å². The molecule has 2 aromatic rings. The van der Waals surface area contributed by atoms with Gasteiger partial charge in [-0.25, -0.2) is 0 Å². The molecule has 154 valence electrons. The molecule has 1 amide bonds. The molecule has 2 aromatic carbocycles. The molecule has 30 heavy (non-hydrogen) atoms. The van der Waals surface area contributed by atoms with Crippen molar-refractivity contribution in [1.29, 1.82) is 0 Å². The van der Waals surface area contributed by atoms with Gasteiger partial charge in [-0.1, -0.05) is 66.1 Å². The minimum absolute atomic E-state index is 0.0200. The van der Waals surface area contributed by atoms with E-state index in [0.29, 0.717) is 15.8 Å². The molecule has 0 aromatic heterocycles. The third-order valence-electron chi connectivity index (χ3n) is 5.02. The standard InChI is InChI=1S/C23H22N2O2S3/c1-4-24-18-12-11-16(27-3)13-19(18)29-20(24)14-17(15-9-7-6-8-10-15)21-22(26)25(5-2)23(28)30-21/h6-14H,4-5H2,1-3H3/b20-14?,21-17-. The number of thiocarbonyl (C=S) groups is 1. The molecule has 0 atom stereocenters. The minimum Gasteiger partial charge on any atom is -0.497 e. The Bertz CT molecular complexity index is 1060. The average Bonchev–Trinajstić information content (AvgIpc) is 3.27. The van der Waals surface area contributed by atoms with Crippen molar-refractivity contribution in [3.8, 4) is 5.75 Å². The number of carbonyl (C=O) groups is 1. The van der Waals surface area contributed by atoms with Crippen molar-refractivity contribution < 1.29 is 9.53 Å². The number of allylic oxidation sites excluding steroid dienone is 2. The molecule has 0 radical (unpaired) electrons. The van der Waals surface area contributed by atoms with Gasteiger partial charge >= 0.3 is 0 Å². The van der Waals surface area contributed by atoms with Crippen LogP contribution in [0.2, 0.25) is 0 Å². The van der Waals surface area contributed by atoms with E-state index >= 15 is 0 Å². The van der Waals surface area contributed by atoms with E-state index in [0.717, 1.165) is 39.0 Å². The van der Waals surface area contributed by atoms with Gasteiger partial charge in [-0.15, -0.1) is 0 Å². The SMILES string of the molecule is CCN1C(=O)/C(=C(\C=C2Sc3cc(OC)ccc3N2CC)c2ccccc2)SC1=S. The summed E-state index contributed by atoms with van der Waals surface area (Å²) in [7, 11) is 1.68. The van der Waals surface area contributed by atoms with Crippen LogP contribution in [-0.4, -0.2) is 35.3 Å². The van der Waals surface area contributed by atoms with E-state index in [2.05, 4.69) is 30.0 Å². The second-order valence-corrected chi connectivity index (χ2v) is 9.40. The summed E-state index contributed by atoms with van der Waals surface area (Å²) in [6.45, 7) is 5.49. The number of hydrogen-bond acceptors (Lipinski definition) is 6. The maximum absolute atomic E-state index is 13.1. The number of ether oxygens (including phenoxy) is 1. The van der Waals surface area contributed by atoms with Gasteiger partial charge in [0.05, 0.1) is 22.7 Å². The number of nitrogens with zero attached hydrogens (tertiary/aromatic N) is 2. The van der Waals surface area contributed by atoms with Gasteiger partial charge in [0.2, 0.25) is 0 Å². The summed E-state index contributed by atoms with van der Waals surface area (Å²) in [5, 5.41) is 1.08. The van der Waals surface area contributed by atoms with Gasteiger partial charge in [-0.05, 0) is 43.7 Å². The summed E-state index contributed by atoms with van der Waals surface area (Å²) in [5.74, 6) is 0.819. The normalized spacial score (nSPS) is 19.0. The minimum atomic E-state index is -0.0200. The summed E-state index contributed by atoms with van der Waals surface area (Å²) in [4.78, 5) is 18.8. The first-order valence-corrected chi connectivity index (χ1v) is 11.8. The van der Waals surface area contributed by atoms with E-state index in [1.165, 1.54) is 11.8 Å². The van der Waals surface area contributed by atoms with Crippen LogP contribution in [0, 0.1) is 0 Å². The maximum atomic E-state index is 13.1. The summed E-state index contributed by atoms with van der Waals surface area (Å²) >= 11 is 8.54. The first-order chi connectivity index (χ1) is 14.6. The number of rotatable bonds is 5. The quantitative estimate of drug-likeness (QED) is 0.422. The molecular weight excluding hydrogens is 432 g/mol. The Kier molecular flexibility index (Phi) is 6.22. The van der Waals surface area contributed by atoms with Crippen molar-refractivity contribution in [3.63, 3.8) is 0 Å². The summed E-state index contributed by atoms with van der Waals surface area (Å²) in [6, 6.07) is 16.2. The number of hydrogen-bond donors (Lipinski definition) is 0. The number of benzene rings is 2. The van der Waals surface area contributed by atoms with E-state index in [1.54, 1.807) is 23.8 Å². The van der Waals surface area contributed by atoms with Crippen LogP contribution in [0.1, 0.15) is 19.4 Å². The van der Waals surface area contributed by atoms with Crippen LogP contribution >= 0.6 is 35.7 Å². The lowest BCUT2D eigenvalue weighted by Gasteiger charge is -2.19. The summed E-state index contributed by atoms with van der Waals surface area (Å²) in [6.07, 6.45) is 2.12. The number of amides is 1. The second kappa shape index (κ2) is 8.88. The lowest BCUT2D eigenvalue weighted by Crippen LogP contribution is -2.27. The molecule has 2 aliphatic rings. The van der Waals surface area contributed by atoms with E-state index in [4.69, 9.17) is 17.0 Å². The first kappa shape index (κ1) is 21.0. The van der Waals surface area contributed by atoms with Gasteiger partial charge in [-0.2, -0.15) is 0 Å². The molecule has 0 unspecified atom stereocenters. The van der Waals surface area contributed by atoms with Gasteiger partial charge in [0.15, 0.2) is 0 Å². The van der Waals surface area contributed by atoms with Crippen molar-refractivity contribution in [2.75, 3.05) is 25.1 Å². The molecule has 0 N–H and O–H groups in total. The number of anilines is 1. The first-order valence-electron chi connectivity index (χ1n) is 9.75. The topological polar surface area (TPSA) is 32.8 Å². The molecule has 0 aliphatic carbocycles. The number of thioether (sulfide) groups is 2. The average molecular weight is 455 g/mol. The lowest BCUT2D eigenvalue weighted by molar-refractivity contribution is -0.122. The molecular formula is C23H22N2O2S3. The van der Waals surface area contributed by atoms with Gasteiger partial charge in [0, 0.05) is 23.6 Å². The Balaban J connectivity index is 1.83. The monoisotopic (exact) mass is 454 g/mol. The van der Waals surface area contributed by atoms with Crippen molar-refractivity contribution in [3.05, 3.63) is 70.1 Å². The molecule has 1 fully saturated rings. The Morgan fingerprint density at radius 2 is 1.80 bits per heavy atom. The van der Waals surface area contributed by atoms with Crippen molar-refractivity contribution in [2.45, 2.75) is 18.7 Å². The molecule has 0 saturated carbocycles. The van der Waals surface area contributed by atoms with Crippen LogP contribution in [0.25, 0.3) is 5.57 Å². The predicted octanol–water partition coefficient (Wildman–Crippen LogP) is 5.76. The van der Waals surface area contributed by atoms with E-state index < -0.39 is 0 Å². The Hall–Kier alpha value is -2.22. The maximum Gasteiger partial charge on any atom is 0.266 e. The molecule has 4 rings (SSSR count). The fraction of sp³-hybridized carbons (Fsp3) is 0.217. The third-order valence-corrected chi connectivity index (χ3v) is 7.58. The highest BCUT2D eigenvalue weighted by Gasteiger charge is 2.34. The van der Waals surface area contributed by atoms with Gasteiger partial charge < -0.3 is 9.64 Å². The van der Waals surface area contributed by atoms with Crippen molar-refractivity contribution in [1.82, 2.24) is 4.90 Å². The Morgan fingerprint density at radius 1 is 1.07 bits per heavy atom. The molecule has 2 heterocycles. The van der Waals surface area contributed by atoms with Crippen molar-refractivity contribution >= 4 is 57.2 Å². The van der Waals surface area contributed by atoms with Crippen LogP contribution in [-0.2, 0) is 4.79 Å². The molecule has 2 aliphatic heterocycles.